The summed E-state index contributed by atoms with van der Waals surface area (Å²) in [5.74, 6) is 1.51. The van der Waals surface area contributed by atoms with Gasteiger partial charge in [-0.25, -0.2) is 4.79 Å². The minimum absolute atomic E-state index is 0.113. The second-order valence-corrected chi connectivity index (χ2v) is 4.89. The maximum Gasteiger partial charge on any atom is 0.328 e. The molecular weight excluding hydrogens is 228 g/mol. The van der Waals surface area contributed by atoms with Gasteiger partial charge in [-0.1, -0.05) is 0 Å². The molecule has 1 aliphatic rings. The van der Waals surface area contributed by atoms with E-state index in [2.05, 4.69) is 15.4 Å². The van der Waals surface area contributed by atoms with Gasteiger partial charge in [0.2, 0.25) is 5.91 Å². The highest BCUT2D eigenvalue weighted by atomic mass is 32.2. The van der Waals surface area contributed by atoms with Gasteiger partial charge in [0.15, 0.2) is 0 Å². The molecule has 1 unspecified atom stereocenters. The van der Waals surface area contributed by atoms with Crippen LogP contribution in [0, 0.1) is 0 Å². The van der Waals surface area contributed by atoms with Gasteiger partial charge in [0, 0.05) is 30.5 Å². The number of rotatable bonds is 4. The van der Waals surface area contributed by atoms with E-state index in [9.17, 15) is 9.59 Å². The average molecular weight is 246 g/mol. The first-order valence-corrected chi connectivity index (χ1v) is 6.47. The number of methoxy groups -OCH3 is 1. The Morgan fingerprint density at radius 3 is 2.94 bits per heavy atom. The Morgan fingerprint density at radius 2 is 2.38 bits per heavy atom. The molecule has 1 rings (SSSR count). The summed E-state index contributed by atoms with van der Waals surface area (Å²) in [5, 5.41) is 5.88. The van der Waals surface area contributed by atoms with Crippen LogP contribution in [-0.4, -0.2) is 49.1 Å². The molecule has 16 heavy (non-hydrogen) atoms. The van der Waals surface area contributed by atoms with Gasteiger partial charge < -0.3 is 15.4 Å². The Bertz CT molecular complexity index is 254. The van der Waals surface area contributed by atoms with Gasteiger partial charge in [0.1, 0.15) is 6.04 Å². The number of amides is 1. The molecule has 0 spiro atoms. The van der Waals surface area contributed by atoms with Crippen LogP contribution in [0.2, 0.25) is 0 Å². The third-order valence-electron chi connectivity index (χ3n) is 2.36. The third kappa shape index (κ3) is 4.40. The smallest absolute Gasteiger partial charge is 0.328 e. The van der Waals surface area contributed by atoms with Crippen molar-refractivity contribution in [3.8, 4) is 0 Å². The van der Waals surface area contributed by atoms with Crippen LogP contribution in [0.25, 0.3) is 0 Å². The second kappa shape index (κ2) is 6.75. The Hall–Kier alpha value is -0.750. The van der Waals surface area contributed by atoms with Crippen molar-refractivity contribution in [2.45, 2.75) is 25.4 Å². The molecule has 1 fully saturated rings. The minimum Gasteiger partial charge on any atom is -0.467 e. The first kappa shape index (κ1) is 13.3. The van der Waals surface area contributed by atoms with Crippen LogP contribution in [0.1, 0.15) is 13.3 Å². The number of ether oxygens (including phenoxy) is 1. The molecule has 2 N–H and O–H groups in total. The number of hydrogen-bond donors (Lipinski definition) is 2. The van der Waals surface area contributed by atoms with Gasteiger partial charge >= 0.3 is 5.97 Å². The average Bonchev–Trinajstić information content (AvgIpc) is 2.29. The molecule has 0 bridgehead atoms. The Labute approximate surface area is 99.7 Å². The number of hydrogen-bond acceptors (Lipinski definition) is 5. The molecule has 0 radical (unpaired) electrons. The van der Waals surface area contributed by atoms with Crippen LogP contribution in [-0.2, 0) is 14.3 Å². The fourth-order valence-electron chi connectivity index (χ4n) is 1.51. The van der Waals surface area contributed by atoms with E-state index in [4.69, 9.17) is 0 Å². The van der Waals surface area contributed by atoms with Crippen molar-refractivity contribution >= 4 is 23.6 Å². The number of nitrogens with one attached hydrogen (secondary N) is 2. The van der Waals surface area contributed by atoms with Crippen LogP contribution in [0.5, 0.6) is 0 Å². The zero-order valence-electron chi connectivity index (χ0n) is 9.62. The molecule has 0 saturated carbocycles. The summed E-state index contributed by atoms with van der Waals surface area (Å²) in [7, 11) is 1.31. The largest absolute Gasteiger partial charge is 0.467 e. The quantitative estimate of drug-likeness (QED) is 0.670. The summed E-state index contributed by atoms with van der Waals surface area (Å²) < 4.78 is 4.53. The highest BCUT2D eigenvalue weighted by Crippen LogP contribution is 2.10. The van der Waals surface area contributed by atoms with E-state index >= 15 is 0 Å². The molecule has 1 heterocycles. The molecule has 0 aliphatic carbocycles. The normalized spacial score (nSPS) is 22.2. The van der Waals surface area contributed by atoms with Crippen molar-refractivity contribution in [2.24, 2.45) is 0 Å². The molecule has 5 nitrogen and oxygen atoms in total. The summed E-state index contributed by atoms with van der Waals surface area (Å²) in [6, 6.07) is -0.364. The third-order valence-corrected chi connectivity index (χ3v) is 3.49. The fourth-order valence-corrected chi connectivity index (χ4v) is 2.46. The van der Waals surface area contributed by atoms with E-state index in [1.54, 1.807) is 6.92 Å². The van der Waals surface area contributed by atoms with Gasteiger partial charge in [0.25, 0.3) is 0 Å². The van der Waals surface area contributed by atoms with Crippen molar-refractivity contribution in [3.63, 3.8) is 0 Å². The molecule has 0 aromatic rings. The van der Waals surface area contributed by atoms with Gasteiger partial charge in [-0.05, 0) is 6.92 Å². The Balaban J connectivity index is 2.26. The molecule has 0 aromatic carbocycles. The first-order chi connectivity index (χ1) is 7.63. The summed E-state index contributed by atoms with van der Waals surface area (Å²) in [4.78, 5) is 22.7. The zero-order valence-corrected chi connectivity index (χ0v) is 10.4. The monoisotopic (exact) mass is 246 g/mol. The zero-order chi connectivity index (χ0) is 12.0. The Kier molecular flexibility index (Phi) is 5.62. The molecular formula is C10H18N2O3S. The van der Waals surface area contributed by atoms with Crippen molar-refractivity contribution < 1.29 is 14.3 Å². The summed E-state index contributed by atoms with van der Waals surface area (Å²) in [6.45, 7) is 2.56. The van der Waals surface area contributed by atoms with Gasteiger partial charge in [-0.2, -0.15) is 11.8 Å². The topological polar surface area (TPSA) is 67.4 Å². The van der Waals surface area contributed by atoms with Crippen LogP contribution in [0.3, 0.4) is 0 Å². The van der Waals surface area contributed by atoms with Crippen LogP contribution in [0.15, 0.2) is 0 Å². The lowest BCUT2D eigenvalue weighted by Crippen LogP contribution is -2.45. The molecule has 1 amide bonds. The first-order valence-electron chi connectivity index (χ1n) is 5.31. The van der Waals surface area contributed by atoms with E-state index in [0.29, 0.717) is 6.42 Å². The molecule has 0 aromatic heterocycles. The summed E-state index contributed by atoms with van der Waals surface area (Å²) in [6.07, 6.45) is 0.411. The van der Waals surface area contributed by atoms with E-state index in [1.165, 1.54) is 7.11 Å². The maximum atomic E-state index is 11.6. The fraction of sp³-hybridized carbons (Fsp3) is 0.800. The molecule has 1 aliphatic heterocycles. The van der Waals surface area contributed by atoms with Crippen molar-refractivity contribution in [1.29, 1.82) is 0 Å². The lowest BCUT2D eigenvalue weighted by atomic mass is 10.2. The van der Waals surface area contributed by atoms with Crippen molar-refractivity contribution in [3.05, 3.63) is 0 Å². The van der Waals surface area contributed by atoms with Crippen molar-refractivity contribution in [2.75, 3.05) is 25.2 Å². The van der Waals surface area contributed by atoms with Crippen LogP contribution >= 0.6 is 11.8 Å². The molecule has 92 valence electrons. The number of carbonyl (C=O) groups excluding carboxylic acids is 2. The number of esters is 1. The van der Waals surface area contributed by atoms with Gasteiger partial charge in [-0.15, -0.1) is 0 Å². The highest BCUT2D eigenvalue weighted by molar-refractivity contribution is 7.99. The predicted octanol–water partition coefficient (Wildman–Crippen LogP) is -0.241. The van der Waals surface area contributed by atoms with Gasteiger partial charge in [0.05, 0.1) is 7.11 Å². The Morgan fingerprint density at radius 1 is 1.62 bits per heavy atom. The summed E-state index contributed by atoms with van der Waals surface area (Å²) in [5.41, 5.74) is 0. The summed E-state index contributed by atoms with van der Waals surface area (Å²) >= 11 is 1.84. The van der Waals surface area contributed by atoms with Crippen LogP contribution < -0.4 is 10.6 Å². The van der Waals surface area contributed by atoms with E-state index in [1.807, 2.05) is 11.8 Å². The lowest BCUT2D eigenvalue weighted by Gasteiger charge is -2.23. The van der Waals surface area contributed by atoms with Crippen molar-refractivity contribution in [1.82, 2.24) is 10.6 Å². The minimum atomic E-state index is -0.575. The SMILES string of the molecule is COC(=O)[C@H](C)NC(=O)CC1CSCCN1. The predicted molar refractivity (Wildman–Crippen MR) is 63.4 cm³/mol. The van der Waals surface area contributed by atoms with E-state index in [0.717, 1.165) is 18.1 Å². The maximum absolute atomic E-state index is 11.6. The highest BCUT2D eigenvalue weighted by Gasteiger charge is 2.20. The second-order valence-electron chi connectivity index (χ2n) is 3.74. The van der Waals surface area contributed by atoms with Crippen LogP contribution in [0.4, 0.5) is 0 Å². The molecule has 1 saturated heterocycles. The number of thioether (sulfide) groups is 1. The number of carbonyl (C=O) groups is 2. The van der Waals surface area contributed by atoms with E-state index < -0.39 is 12.0 Å². The molecule has 2 atom stereocenters. The van der Waals surface area contributed by atoms with Gasteiger partial charge in [-0.3, -0.25) is 4.79 Å². The lowest BCUT2D eigenvalue weighted by molar-refractivity contribution is -0.144. The molecule has 6 heteroatoms. The van der Waals surface area contributed by atoms with E-state index in [-0.39, 0.29) is 11.9 Å². The standard InChI is InChI=1S/C10H18N2O3S/c1-7(10(14)15-2)12-9(13)5-8-6-16-4-3-11-8/h7-8,11H,3-6H2,1-2H3,(H,12,13)/t7-,8?/m0/s1.